The van der Waals surface area contributed by atoms with Gasteiger partial charge in [0, 0.05) is 5.33 Å². The van der Waals surface area contributed by atoms with E-state index in [1.54, 1.807) is 0 Å². The maximum Gasteiger partial charge on any atom is 0.573 e. The molecule has 4 nitrogen and oxygen atoms in total. The Morgan fingerprint density at radius 1 is 1.45 bits per heavy atom. The van der Waals surface area contributed by atoms with Crippen LogP contribution in [0, 0.1) is 0 Å². The van der Waals surface area contributed by atoms with Gasteiger partial charge in [0.25, 0.3) is 6.43 Å². The van der Waals surface area contributed by atoms with Crippen molar-refractivity contribution in [3.8, 4) is 5.75 Å². The van der Waals surface area contributed by atoms with Crippen molar-refractivity contribution in [1.29, 1.82) is 0 Å². The molecule has 112 valence electrons. The summed E-state index contributed by atoms with van der Waals surface area (Å²) >= 11 is 2.91. The van der Waals surface area contributed by atoms with Gasteiger partial charge in [-0.3, -0.25) is 0 Å². The number of pyridine rings is 1. The van der Waals surface area contributed by atoms with Gasteiger partial charge in [-0.2, -0.15) is 0 Å². The fourth-order valence-electron chi connectivity index (χ4n) is 1.29. The van der Waals surface area contributed by atoms with E-state index < -0.39 is 35.9 Å². The summed E-state index contributed by atoms with van der Waals surface area (Å²) in [7, 11) is 0.990. The van der Waals surface area contributed by atoms with Crippen LogP contribution in [0.4, 0.5) is 22.0 Å². The van der Waals surface area contributed by atoms with Crippen LogP contribution >= 0.6 is 15.9 Å². The number of halogens is 6. The highest BCUT2D eigenvalue weighted by Crippen LogP contribution is 2.33. The highest BCUT2D eigenvalue weighted by atomic mass is 79.9. The van der Waals surface area contributed by atoms with E-state index in [-0.39, 0.29) is 10.9 Å². The summed E-state index contributed by atoms with van der Waals surface area (Å²) in [6.45, 7) is 0. The number of aromatic nitrogens is 1. The van der Waals surface area contributed by atoms with Gasteiger partial charge in [0.1, 0.15) is 5.69 Å². The van der Waals surface area contributed by atoms with E-state index in [9.17, 15) is 26.7 Å². The Balaban J connectivity index is 3.41. The van der Waals surface area contributed by atoms with E-state index in [2.05, 4.69) is 30.4 Å². The van der Waals surface area contributed by atoms with Crippen LogP contribution in [0.1, 0.15) is 28.2 Å². The lowest BCUT2D eigenvalue weighted by atomic mass is 10.2. The minimum Gasteiger partial charge on any atom is -0.464 e. The third kappa shape index (κ3) is 4.02. The zero-order valence-electron chi connectivity index (χ0n) is 9.80. The number of hydrogen-bond donors (Lipinski definition) is 0. The van der Waals surface area contributed by atoms with Crippen molar-refractivity contribution in [2.24, 2.45) is 0 Å². The molecule has 0 saturated heterocycles. The van der Waals surface area contributed by atoms with Crippen molar-refractivity contribution in [3.63, 3.8) is 0 Å². The Hall–Kier alpha value is -1.45. The van der Waals surface area contributed by atoms with Crippen molar-refractivity contribution in [1.82, 2.24) is 4.98 Å². The molecule has 0 radical (unpaired) electrons. The largest absolute Gasteiger partial charge is 0.573 e. The second kappa shape index (κ2) is 6.33. The van der Waals surface area contributed by atoms with E-state index >= 15 is 0 Å². The van der Waals surface area contributed by atoms with Gasteiger partial charge in [0.05, 0.1) is 7.11 Å². The summed E-state index contributed by atoms with van der Waals surface area (Å²) in [5, 5.41) is -0.0951. The number of carbonyl (C=O) groups is 1. The quantitative estimate of drug-likeness (QED) is 0.466. The minimum atomic E-state index is -5.15. The van der Waals surface area contributed by atoms with Gasteiger partial charge in [-0.25, -0.2) is 18.6 Å². The maximum absolute atomic E-state index is 12.7. The van der Waals surface area contributed by atoms with Gasteiger partial charge in [-0.1, -0.05) is 15.9 Å². The van der Waals surface area contributed by atoms with Crippen LogP contribution in [0.25, 0.3) is 0 Å². The van der Waals surface area contributed by atoms with E-state index in [0.29, 0.717) is 6.07 Å². The number of alkyl halides is 6. The Morgan fingerprint density at radius 2 is 2.05 bits per heavy atom. The molecule has 1 aromatic heterocycles. The first-order chi connectivity index (χ1) is 9.19. The van der Waals surface area contributed by atoms with Crippen LogP contribution < -0.4 is 4.74 Å². The van der Waals surface area contributed by atoms with Gasteiger partial charge in [-0.15, -0.1) is 13.2 Å². The average molecular weight is 364 g/mol. The van der Waals surface area contributed by atoms with E-state index in [1.165, 1.54) is 0 Å². The molecular formula is C10H7BrF5NO3. The van der Waals surface area contributed by atoms with Crippen LogP contribution in [-0.4, -0.2) is 24.4 Å². The fraction of sp³-hybridized carbons (Fsp3) is 0.400. The Bertz CT molecular complexity index is 506. The maximum atomic E-state index is 12.7. The van der Waals surface area contributed by atoms with Gasteiger partial charge in [-0.05, 0) is 11.6 Å². The lowest BCUT2D eigenvalue weighted by Crippen LogP contribution is -2.20. The number of nitrogens with zero attached hydrogens (tertiary/aromatic N) is 1. The van der Waals surface area contributed by atoms with Crippen LogP contribution in [0.3, 0.4) is 0 Å². The van der Waals surface area contributed by atoms with E-state index in [1.807, 2.05) is 0 Å². The number of rotatable bonds is 4. The van der Waals surface area contributed by atoms with Crippen molar-refractivity contribution in [2.75, 3.05) is 7.11 Å². The standard InChI is InChI=1S/C10H7BrF5NO3/c1-19-9(18)6-4(3-11)2-5(20-10(14,15)16)7(17-6)8(12)13/h2,8H,3H2,1H3. The van der Waals surface area contributed by atoms with Crippen LogP contribution in [0.2, 0.25) is 0 Å². The lowest BCUT2D eigenvalue weighted by molar-refractivity contribution is -0.275. The van der Waals surface area contributed by atoms with Crippen molar-refractivity contribution in [2.45, 2.75) is 18.1 Å². The smallest absolute Gasteiger partial charge is 0.464 e. The third-order valence-corrected chi connectivity index (χ3v) is 2.65. The topological polar surface area (TPSA) is 48.4 Å². The van der Waals surface area contributed by atoms with E-state index in [4.69, 9.17) is 0 Å². The normalized spacial score (nSPS) is 11.6. The number of esters is 1. The number of ether oxygens (including phenoxy) is 2. The van der Waals surface area contributed by atoms with E-state index in [0.717, 1.165) is 7.11 Å². The Labute approximate surface area is 118 Å². The predicted molar refractivity (Wildman–Crippen MR) is 59.8 cm³/mol. The molecule has 10 heteroatoms. The van der Waals surface area contributed by atoms with Gasteiger partial charge in [0.15, 0.2) is 11.4 Å². The minimum absolute atomic E-state index is 0.0690. The molecule has 0 aromatic carbocycles. The molecule has 1 rings (SSSR count). The SMILES string of the molecule is COC(=O)c1nc(C(F)F)c(OC(F)(F)F)cc1CBr. The molecule has 0 aliphatic rings. The summed E-state index contributed by atoms with van der Waals surface area (Å²) in [5.41, 5.74) is -1.86. The highest BCUT2D eigenvalue weighted by molar-refractivity contribution is 9.08. The molecule has 0 bridgehead atoms. The first kappa shape index (κ1) is 16.6. The van der Waals surface area contributed by atoms with Gasteiger partial charge >= 0.3 is 12.3 Å². The molecule has 0 aliphatic heterocycles. The number of carbonyl (C=O) groups excluding carboxylic acids is 1. The first-order valence-electron chi connectivity index (χ1n) is 4.91. The molecule has 0 spiro atoms. The molecule has 0 atom stereocenters. The highest BCUT2D eigenvalue weighted by Gasteiger charge is 2.35. The van der Waals surface area contributed by atoms with Gasteiger partial charge < -0.3 is 9.47 Å². The summed E-state index contributed by atoms with van der Waals surface area (Å²) in [6, 6.07) is 0.670. The molecule has 0 N–H and O–H groups in total. The number of hydrogen-bond acceptors (Lipinski definition) is 4. The molecule has 0 aliphatic carbocycles. The third-order valence-electron chi connectivity index (χ3n) is 2.05. The summed E-state index contributed by atoms with van der Waals surface area (Å²) in [4.78, 5) is 14.6. The predicted octanol–water partition coefficient (Wildman–Crippen LogP) is 3.60. The van der Waals surface area contributed by atoms with Crippen molar-refractivity contribution < 1.29 is 36.2 Å². The molecule has 1 aromatic rings. The molecule has 0 saturated carbocycles. The Kier molecular flexibility index (Phi) is 5.26. The molecule has 0 unspecified atom stereocenters. The van der Waals surface area contributed by atoms with Gasteiger partial charge in [0.2, 0.25) is 0 Å². The second-order valence-electron chi connectivity index (χ2n) is 3.35. The fourth-order valence-corrected chi connectivity index (χ4v) is 1.71. The lowest BCUT2D eigenvalue weighted by Gasteiger charge is -2.15. The van der Waals surface area contributed by atoms with Crippen LogP contribution in [0.15, 0.2) is 6.07 Å². The summed E-state index contributed by atoms with van der Waals surface area (Å²) in [5.74, 6) is -2.20. The molecule has 0 fully saturated rings. The zero-order chi connectivity index (χ0) is 15.5. The monoisotopic (exact) mass is 363 g/mol. The first-order valence-corrected chi connectivity index (χ1v) is 6.03. The number of methoxy groups -OCH3 is 1. The second-order valence-corrected chi connectivity index (χ2v) is 3.91. The molecule has 1 heterocycles. The summed E-state index contributed by atoms with van der Waals surface area (Å²) < 4.78 is 69.7. The molecule has 20 heavy (non-hydrogen) atoms. The summed E-state index contributed by atoms with van der Waals surface area (Å²) in [6.07, 6.45) is -8.50. The van der Waals surface area contributed by atoms with Crippen molar-refractivity contribution >= 4 is 21.9 Å². The van der Waals surface area contributed by atoms with Crippen LogP contribution in [-0.2, 0) is 10.1 Å². The molecular weight excluding hydrogens is 357 g/mol. The Morgan fingerprint density at radius 3 is 2.45 bits per heavy atom. The zero-order valence-corrected chi connectivity index (χ0v) is 11.4. The average Bonchev–Trinajstić information content (AvgIpc) is 2.35. The molecule has 0 amide bonds. The van der Waals surface area contributed by atoms with Crippen molar-refractivity contribution in [3.05, 3.63) is 23.0 Å². The van der Waals surface area contributed by atoms with Crippen LogP contribution in [0.5, 0.6) is 5.75 Å².